The zero-order valence-electron chi connectivity index (χ0n) is 9.42. The van der Waals surface area contributed by atoms with Gasteiger partial charge in [-0.25, -0.2) is 4.79 Å². The smallest absolute Gasteiger partial charge is 0.339 e. The van der Waals surface area contributed by atoms with Crippen LogP contribution in [0.15, 0.2) is 47.1 Å². The molecule has 1 aromatic carbocycles. The van der Waals surface area contributed by atoms with Crippen molar-refractivity contribution in [1.82, 2.24) is 0 Å². The minimum atomic E-state index is -0.326. The lowest BCUT2D eigenvalue weighted by atomic mass is 9.88. The van der Waals surface area contributed by atoms with Crippen molar-refractivity contribution in [2.45, 2.75) is 18.9 Å². The molecule has 1 aromatic heterocycles. The zero-order valence-corrected chi connectivity index (χ0v) is 9.42. The number of rotatable bonds is 1. The third kappa shape index (κ3) is 1.55. The Morgan fingerprint density at radius 1 is 1.12 bits per heavy atom. The molecular formula is C14H12O3. The molecule has 0 saturated carbocycles. The fourth-order valence-corrected chi connectivity index (χ4v) is 2.28. The van der Waals surface area contributed by atoms with Crippen LogP contribution < -0.4 is 0 Å². The second-order valence-corrected chi connectivity index (χ2v) is 4.22. The van der Waals surface area contributed by atoms with E-state index >= 15 is 0 Å². The molecule has 0 N–H and O–H groups in total. The van der Waals surface area contributed by atoms with Gasteiger partial charge in [-0.1, -0.05) is 25.1 Å². The van der Waals surface area contributed by atoms with Crippen LogP contribution in [0.5, 0.6) is 0 Å². The van der Waals surface area contributed by atoms with Crippen LogP contribution in [-0.4, -0.2) is 5.97 Å². The number of hydrogen-bond acceptors (Lipinski definition) is 3. The maximum Gasteiger partial charge on any atom is 0.339 e. The molecule has 2 atom stereocenters. The molecule has 0 aliphatic carbocycles. The van der Waals surface area contributed by atoms with Crippen LogP contribution >= 0.6 is 0 Å². The summed E-state index contributed by atoms with van der Waals surface area (Å²) in [6, 6.07) is 11.2. The molecule has 0 unspecified atom stereocenters. The number of carbonyl (C=O) groups is 1. The second kappa shape index (κ2) is 3.77. The summed E-state index contributed by atoms with van der Waals surface area (Å²) in [5, 5.41) is 0. The van der Waals surface area contributed by atoms with Gasteiger partial charge in [0.2, 0.25) is 0 Å². The first-order chi connectivity index (χ1) is 8.27. The van der Waals surface area contributed by atoms with E-state index in [1.54, 1.807) is 18.4 Å². The first-order valence-electron chi connectivity index (χ1n) is 5.60. The molecule has 0 bridgehead atoms. The van der Waals surface area contributed by atoms with Gasteiger partial charge in [-0.15, -0.1) is 0 Å². The highest BCUT2D eigenvalue weighted by Gasteiger charge is 2.34. The van der Waals surface area contributed by atoms with Gasteiger partial charge in [0, 0.05) is 5.92 Å². The predicted octanol–water partition coefficient (Wildman–Crippen LogP) is 3.29. The van der Waals surface area contributed by atoms with E-state index < -0.39 is 0 Å². The molecule has 0 amide bonds. The molecule has 2 aromatic rings. The first-order valence-corrected chi connectivity index (χ1v) is 5.60. The number of cyclic esters (lactones) is 1. The highest BCUT2D eigenvalue weighted by atomic mass is 16.6. The van der Waals surface area contributed by atoms with E-state index in [-0.39, 0.29) is 18.0 Å². The van der Waals surface area contributed by atoms with Gasteiger partial charge in [-0.2, -0.15) is 0 Å². The SMILES string of the molecule is C[C@@H]1c2ccccc2C(=O)O[C@H]1c1ccco1. The van der Waals surface area contributed by atoms with Crippen molar-refractivity contribution in [2.24, 2.45) is 0 Å². The molecule has 1 aliphatic rings. The quantitative estimate of drug-likeness (QED) is 0.703. The lowest BCUT2D eigenvalue weighted by molar-refractivity contribution is 0.0123. The van der Waals surface area contributed by atoms with E-state index in [2.05, 4.69) is 0 Å². The molecule has 17 heavy (non-hydrogen) atoms. The molecule has 0 saturated heterocycles. The lowest BCUT2D eigenvalue weighted by Crippen LogP contribution is -2.24. The summed E-state index contributed by atoms with van der Waals surface area (Å²) < 4.78 is 10.8. The van der Waals surface area contributed by atoms with E-state index in [9.17, 15) is 4.79 Å². The fraction of sp³-hybridized carbons (Fsp3) is 0.214. The Balaban J connectivity index is 2.06. The number of ether oxygens (including phenoxy) is 1. The highest BCUT2D eigenvalue weighted by Crippen LogP contribution is 2.40. The Morgan fingerprint density at radius 2 is 1.94 bits per heavy atom. The van der Waals surface area contributed by atoms with Crippen LogP contribution in [0.25, 0.3) is 0 Å². The molecule has 0 spiro atoms. The minimum absolute atomic E-state index is 0.107. The van der Waals surface area contributed by atoms with Crippen molar-refractivity contribution in [3.05, 3.63) is 59.5 Å². The predicted molar refractivity (Wildman–Crippen MR) is 61.7 cm³/mol. The highest BCUT2D eigenvalue weighted by molar-refractivity contribution is 5.92. The number of esters is 1. The Bertz CT molecular complexity index is 542. The van der Waals surface area contributed by atoms with Crippen molar-refractivity contribution in [3.63, 3.8) is 0 Å². The van der Waals surface area contributed by atoms with Gasteiger partial charge in [-0.3, -0.25) is 0 Å². The molecule has 3 rings (SSSR count). The Hall–Kier alpha value is -2.03. The summed E-state index contributed by atoms with van der Waals surface area (Å²) >= 11 is 0. The largest absolute Gasteiger partial charge is 0.465 e. The van der Waals surface area contributed by atoms with Gasteiger partial charge < -0.3 is 9.15 Å². The number of furan rings is 1. The summed E-state index contributed by atoms with van der Waals surface area (Å²) in [4.78, 5) is 11.9. The number of fused-ring (bicyclic) bond motifs is 1. The summed E-state index contributed by atoms with van der Waals surface area (Å²) in [5.41, 5.74) is 1.67. The molecule has 3 nitrogen and oxygen atoms in total. The van der Waals surface area contributed by atoms with Crippen LogP contribution in [0.4, 0.5) is 0 Å². The van der Waals surface area contributed by atoms with Gasteiger partial charge >= 0.3 is 5.97 Å². The van der Waals surface area contributed by atoms with E-state index in [1.165, 1.54) is 0 Å². The molecule has 86 valence electrons. The molecule has 0 radical (unpaired) electrons. The van der Waals surface area contributed by atoms with E-state index in [4.69, 9.17) is 9.15 Å². The lowest BCUT2D eigenvalue weighted by Gasteiger charge is -2.29. The molecule has 1 aliphatic heterocycles. The summed E-state index contributed by atoms with van der Waals surface area (Å²) in [5.74, 6) is 0.524. The van der Waals surface area contributed by atoms with Crippen molar-refractivity contribution in [3.8, 4) is 0 Å². The van der Waals surface area contributed by atoms with Crippen molar-refractivity contribution in [1.29, 1.82) is 0 Å². The van der Waals surface area contributed by atoms with Crippen LogP contribution in [0, 0.1) is 0 Å². The second-order valence-electron chi connectivity index (χ2n) is 4.22. The van der Waals surface area contributed by atoms with Crippen LogP contribution in [0.1, 0.15) is 40.6 Å². The number of benzene rings is 1. The summed E-state index contributed by atoms with van der Waals surface area (Å²) in [7, 11) is 0. The fourth-order valence-electron chi connectivity index (χ4n) is 2.28. The van der Waals surface area contributed by atoms with Gasteiger partial charge in [0.15, 0.2) is 6.10 Å². The maximum absolute atomic E-state index is 11.9. The monoisotopic (exact) mass is 228 g/mol. The van der Waals surface area contributed by atoms with Gasteiger partial charge in [0.1, 0.15) is 5.76 Å². The standard InChI is InChI=1S/C14H12O3/c1-9-10-5-2-3-6-11(10)14(15)17-13(9)12-7-4-8-16-12/h2-9,13H,1H3/t9-,13-/m1/s1. The van der Waals surface area contributed by atoms with Crippen LogP contribution in [-0.2, 0) is 4.74 Å². The van der Waals surface area contributed by atoms with E-state index in [0.29, 0.717) is 11.3 Å². The minimum Gasteiger partial charge on any atom is -0.465 e. The van der Waals surface area contributed by atoms with Crippen molar-refractivity contribution >= 4 is 5.97 Å². The molecule has 0 fully saturated rings. The maximum atomic E-state index is 11.9. The third-order valence-corrected chi connectivity index (χ3v) is 3.18. The topological polar surface area (TPSA) is 39.4 Å². The van der Waals surface area contributed by atoms with Crippen LogP contribution in [0.2, 0.25) is 0 Å². The normalized spacial score (nSPS) is 23.0. The summed E-state index contributed by atoms with van der Waals surface area (Å²) in [6.45, 7) is 2.04. The zero-order chi connectivity index (χ0) is 11.8. The van der Waals surface area contributed by atoms with Crippen molar-refractivity contribution < 1.29 is 13.9 Å². The number of hydrogen-bond donors (Lipinski definition) is 0. The number of carbonyl (C=O) groups excluding carboxylic acids is 1. The average molecular weight is 228 g/mol. The first kappa shape index (κ1) is 10.1. The van der Waals surface area contributed by atoms with Gasteiger partial charge in [0.25, 0.3) is 0 Å². The van der Waals surface area contributed by atoms with Crippen LogP contribution in [0.3, 0.4) is 0 Å². The van der Waals surface area contributed by atoms with E-state index in [0.717, 1.165) is 5.56 Å². The Kier molecular flexibility index (Phi) is 2.25. The molecule has 2 heterocycles. The third-order valence-electron chi connectivity index (χ3n) is 3.18. The average Bonchev–Trinajstić information content (AvgIpc) is 2.87. The summed E-state index contributed by atoms with van der Waals surface area (Å²) in [6.07, 6.45) is 1.27. The Labute approximate surface area is 99.0 Å². The Morgan fingerprint density at radius 3 is 2.71 bits per heavy atom. The van der Waals surface area contributed by atoms with Gasteiger partial charge in [0.05, 0.1) is 11.8 Å². The van der Waals surface area contributed by atoms with Crippen molar-refractivity contribution in [2.75, 3.05) is 0 Å². The van der Waals surface area contributed by atoms with E-state index in [1.807, 2.05) is 31.2 Å². The molecular weight excluding hydrogens is 216 g/mol. The molecule has 3 heteroatoms. The van der Waals surface area contributed by atoms with Gasteiger partial charge in [-0.05, 0) is 23.8 Å².